The highest BCUT2D eigenvalue weighted by Gasteiger charge is 2.42. The molecule has 0 spiro atoms. The smallest absolute Gasteiger partial charge is 0.241 e. The second-order valence-corrected chi connectivity index (χ2v) is 5.41. The van der Waals surface area contributed by atoms with Gasteiger partial charge in [0.1, 0.15) is 0 Å². The predicted molar refractivity (Wildman–Crippen MR) is 71.4 cm³/mol. The Hall–Kier alpha value is -1.55. The van der Waals surface area contributed by atoms with E-state index < -0.39 is 0 Å². The first-order valence-corrected chi connectivity index (χ1v) is 6.47. The molecule has 18 heavy (non-hydrogen) atoms. The van der Waals surface area contributed by atoms with Gasteiger partial charge in [0.15, 0.2) is 0 Å². The van der Waals surface area contributed by atoms with E-state index in [2.05, 4.69) is 17.0 Å². The normalized spacial score (nSPS) is 22.2. The number of carbonyl (C=O) groups excluding carboxylic acids is 1. The first kappa shape index (κ1) is 11.5. The van der Waals surface area contributed by atoms with E-state index in [1.165, 1.54) is 5.56 Å². The molecule has 0 bridgehead atoms. The molecule has 96 valence electrons. The molecular formula is C14H19N3O. The van der Waals surface area contributed by atoms with Crippen LogP contribution in [0.2, 0.25) is 0 Å². The molecule has 0 aromatic heterocycles. The van der Waals surface area contributed by atoms with Crippen molar-refractivity contribution in [1.29, 1.82) is 0 Å². The van der Waals surface area contributed by atoms with Gasteiger partial charge in [-0.05, 0) is 24.5 Å². The Morgan fingerprint density at radius 2 is 1.94 bits per heavy atom. The molecule has 0 atom stereocenters. The number of amides is 1. The van der Waals surface area contributed by atoms with E-state index in [1.807, 2.05) is 19.2 Å². The van der Waals surface area contributed by atoms with Crippen molar-refractivity contribution in [1.82, 2.24) is 4.90 Å². The van der Waals surface area contributed by atoms with E-state index in [4.69, 9.17) is 5.73 Å². The van der Waals surface area contributed by atoms with Gasteiger partial charge in [-0.15, -0.1) is 0 Å². The van der Waals surface area contributed by atoms with Crippen LogP contribution in [0.25, 0.3) is 0 Å². The number of hydrogen-bond acceptors (Lipinski definition) is 3. The molecule has 1 saturated heterocycles. The molecule has 4 nitrogen and oxygen atoms in total. The molecule has 1 aliphatic heterocycles. The average molecular weight is 245 g/mol. The molecule has 2 fully saturated rings. The van der Waals surface area contributed by atoms with Crippen LogP contribution in [0.4, 0.5) is 5.69 Å². The van der Waals surface area contributed by atoms with Gasteiger partial charge in [-0.25, -0.2) is 0 Å². The molecule has 0 unspecified atom stereocenters. The Balaban J connectivity index is 1.90. The van der Waals surface area contributed by atoms with Gasteiger partial charge in [0.05, 0.1) is 6.54 Å². The highest BCUT2D eigenvalue weighted by molar-refractivity contribution is 5.83. The molecule has 2 aliphatic rings. The lowest BCUT2D eigenvalue weighted by atomic mass is 10.0. The van der Waals surface area contributed by atoms with Crippen LogP contribution in [0.3, 0.4) is 0 Å². The third-order valence-corrected chi connectivity index (χ3v) is 4.03. The van der Waals surface area contributed by atoms with Crippen LogP contribution >= 0.6 is 0 Å². The summed E-state index contributed by atoms with van der Waals surface area (Å²) in [5.41, 5.74) is 8.50. The minimum Gasteiger partial charge on any atom is -0.360 e. The topological polar surface area (TPSA) is 49.6 Å². The van der Waals surface area contributed by atoms with E-state index in [-0.39, 0.29) is 11.4 Å². The van der Waals surface area contributed by atoms with Crippen LogP contribution in [0.1, 0.15) is 18.4 Å². The zero-order valence-electron chi connectivity index (χ0n) is 10.7. The van der Waals surface area contributed by atoms with Gasteiger partial charge in [0.25, 0.3) is 0 Å². The second kappa shape index (κ2) is 3.99. The largest absolute Gasteiger partial charge is 0.360 e. The number of piperazine rings is 1. The zero-order valence-corrected chi connectivity index (χ0v) is 10.7. The Labute approximate surface area is 107 Å². The summed E-state index contributed by atoms with van der Waals surface area (Å²) in [7, 11) is 1.86. The number of carbonyl (C=O) groups is 1. The quantitative estimate of drug-likeness (QED) is 0.842. The summed E-state index contributed by atoms with van der Waals surface area (Å²) in [5.74, 6) is 0.179. The lowest BCUT2D eigenvalue weighted by Gasteiger charge is -2.35. The van der Waals surface area contributed by atoms with Crippen LogP contribution in [0.5, 0.6) is 0 Å². The van der Waals surface area contributed by atoms with E-state index in [1.54, 1.807) is 4.90 Å². The number of hydrogen-bond donors (Lipinski definition) is 1. The van der Waals surface area contributed by atoms with Gasteiger partial charge in [0.2, 0.25) is 5.91 Å². The number of rotatable bonds is 2. The minimum atomic E-state index is -0.150. The molecule has 2 N–H and O–H groups in total. The highest BCUT2D eigenvalue weighted by Crippen LogP contribution is 2.46. The SMILES string of the molecule is CN1CCN(c2ccccc2C2(N)CC2)CC1=O. The molecular weight excluding hydrogens is 226 g/mol. The van der Waals surface area contributed by atoms with E-state index >= 15 is 0 Å². The summed E-state index contributed by atoms with van der Waals surface area (Å²) in [5, 5.41) is 0. The molecule has 0 radical (unpaired) electrons. The summed E-state index contributed by atoms with van der Waals surface area (Å²) in [6.45, 7) is 2.13. The number of anilines is 1. The van der Waals surface area contributed by atoms with E-state index in [0.717, 1.165) is 31.6 Å². The number of para-hydroxylation sites is 1. The average Bonchev–Trinajstić information content (AvgIpc) is 3.12. The molecule has 1 amide bonds. The highest BCUT2D eigenvalue weighted by atomic mass is 16.2. The maximum Gasteiger partial charge on any atom is 0.241 e. The fourth-order valence-electron chi connectivity index (χ4n) is 2.54. The third-order valence-electron chi connectivity index (χ3n) is 4.03. The summed E-state index contributed by atoms with van der Waals surface area (Å²) >= 11 is 0. The Kier molecular flexibility index (Phi) is 2.55. The molecule has 1 saturated carbocycles. The lowest BCUT2D eigenvalue weighted by molar-refractivity contribution is -0.129. The third kappa shape index (κ3) is 1.86. The summed E-state index contributed by atoms with van der Waals surface area (Å²) in [4.78, 5) is 15.8. The van der Waals surface area contributed by atoms with Crippen molar-refractivity contribution in [2.45, 2.75) is 18.4 Å². The molecule has 4 heteroatoms. The molecule has 1 heterocycles. The monoisotopic (exact) mass is 245 g/mol. The van der Waals surface area contributed by atoms with Gasteiger partial charge >= 0.3 is 0 Å². The Morgan fingerprint density at radius 3 is 2.61 bits per heavy atom. The van der Waals surface area contributed by atoms with Gasteiger partial charge in [0, 0.05) is 31.4 Å². The Bertz CT molecular complexity index is 482. The van der Waals surface area contributed by atoms with Gasteiger partial charge in [-0.1, -0.05) is 18.2 Å². The standard InChI is InChI=1S/C14H19N3O/c1-16-8-9-17(10-13(16)18)12-5-3-2-4-11(12)14(15)6-7-14/h2-5H,6-10,15H2,1H3. The van der Waals surface area contributed by atoms with Crippen LogP contribution in [-0.4, -0.2) is 37.5 Å². The fourth-order valence-corrected chi connectivity index (χ4v) is 2.54. The van der Waals surface area contributed by atoms with Crippen LogP contribution < -0.4 is 10.6 Å². The number of nitrogens with zero attached hydrogens (tertiary/aromatic N) is 2. The van der Waals surface area contributed by atoms with Crippen molar-refractivity contribution in [2.24, 2.45) is 5.73 Å². The van der Waals surface area contributed by atoms with Crippen molar-refractivity contribution in [3.63, 3.8) is 0 Å². The van der Waals surface area contributed by atoms with Crippen molar-refractivity contribution in [2.75, 3.05) is 31.6 Å². The van der Waals surface area contributed by atoms with Crippen LogP contribution in [0, 0.1) is 0 Å². The fraction of sp³-hybridized carbons (Fsp3) is 0.500. The van der Waals surface area contributed by atoms with Gasteiger partial charge < -0.3 is 15.5 Å². The zero-order chi connectivity index (χ0) is 12.8. The van der Waals surface area contributed by atoms with Crippen LogP contribution in [0.15, 0.2) is 24.3 Å². The van der Waals surface area contributed by atoms with Crippen molar-refractivity contribution >= 4 is 11.6 Å². The lowest BCUT2D eigenvalue weighted by Crippen LogP contribution is -2.49. The molecule has 1 aromatic carbocycles. The molecule has 1 aromatic rings. The number of likely N-dealkylation sites (N-methyl/N-ethyl adjacent to an activating group) is 1. The van der Waals surface area contributed by atoms with Crippen LogP contribution in [-0.2, 0) is 10.3 Å². The first-order valence-electron chi connectivity index (χ1n) is 6.47. The van der Waals surface area contributed by atoms with E-state index in [9.17, 15) is 4.79 Å². The van der Waals surface area contributed by atoms with E-state index in [0.29, 0.717) is 6.54 Å². The molecule has 3 rings (SSSR count). The first-order chi connectivity index (χ1) is 8.60. The van der Waals surface area contributed by atoms with Crippen molar-refractivity contribution in [3.05, 3.63) is 29.8 Å². The summed E-state index contributed by atoms with van der Waals surface area (Å²) in [6, 6.07) is 8.24. The maximum atomic E-state index is 11.8. The summed E-state index contributed by atoms with van der Waals surface area (Å²) < 4.78 is 0. The minimum absolute atomic E-state index is 0.150. The predicted octanol–water partition coefficient (Wildman–Crippen LogP) is 0.913. The second-order valence-electron chi connectivity index (χ2n) is 5.41. The van der Waals surface area contributed by atoms with Crippen molar-refractivity contribution in [3.8, 4) is 0 Å². The maximum absolute atomic E-state index is 11.8. The molecule has 1 aliphatic carbocycles. The van der Waals surface area contributed by atoms with Gasteiger partial charge in [-0.3, -0.25) is 4.79 Å². The Morgan fingerprint density at radius 1 is 1.22 bits per heavy atom. The number of benzene rings is 1. The van der Waals surface area contributed by atoms with Crippen molar-refractivity contribution < 1.29 is 4.79 Å². The van der Waals surface area contributed by atoms with Gasteiger partial charge in [-0.2, -0.15) is 0 Å². The summed E-state index contributed by atoms with van der Waals surface area (Å²) in [6.07, 6.45) is 2.09. The number of nitrogens with two attached hydrogens (primary N) is 1.